The molecule has 2 heterocycles. The van der Waals surface area contributed by atoms with Crippen LogP contribution in [0.25, 0.3) is 11.1 Å². The van der Waals surface area contributed by atoms with Gasteiger partial charge in [0.2, 0.25) is 0 Å². The van der Waals surface area contributed by atoms with Crippen molar-refractivity contribution in [2.75, 3.05) is 5.32 Å². The van der Waals surface area contributed by atoms with Gasteiger partial charge in [-0.3, -0.25) is 4.79 Å². The van der Waals surface area contributed by atoms with Gasteiger partial charge >= 0.3 is 0 Å². The predicted octanol–water partition coefficient (Wildman–Crippen LogP) is 7.79. The Bertz CT molecular complexity index is 1300. The number of fused-ring (bicyclic) bond motifs is 1. The van der Waals surface area contributed by atoms with Gasteiger partial charge in [-0.2, -0.15) is 5.10 Å². The molecular formula is C28H25Cl2N3O. The molecule has 0 fully saturated rings. The summed E-state index contributed by atoms with van der Waals surface area (Å²) in [5.41, 5.74) is 5.00. The molecule has 6 heteroatoms. The topological polar surface area (TPSA) is 46.9 Å². The molecule has 0 spiro atoms. The first-order valence-electron chi connectivity index (χ1n) is 11.5. The fourth-order valence-electron chi connectivity index (χ4n) is 4.59. The number of benzene rings is 3. The molecule has 34 heavy (non-hydrogen) atoms. The number of ketones is 1. The van der Waals surface area contributed by atoms with Crippen molar-refractivity contribution in [1.29, 1.82) is 0 Å². The summed E-state index contributed by atoms with van der Waals surface area (Å²) in [7, 11) is 0. The predicted molar refractivity (Wildman–Crippen MR) is 139 cm³/mol. The standard InChI is InChI=1S/C28H25Cl2N3O/c1-18-13-26(21-5-3-2-4-6-21)32-28-25(17-31-33(18)28)27(34)12-9-19-7-10-20(11-8-19)22-14-23(29)16-24(30)15-22/h2-8,10-11,14-18,26,32H,9,12-13H2,1H3. The van der Waals surface area contributed by atoms with Crippen LogP contribution in [0.2, 0.25) is 10.0 Å². The van der Waals surface area contributed by atoms with E-state index in [2.05, 4.69) is 41.6 Å². The molecule has 172 valence electrons. The molecule has 2 atom stereocenters. The molecule has 1 aliphatic rings. The molecule has 5 rings (SSSR count). The maximum atomic E-state index is 13.1. The van der Waals surface area contributed by atoms with Crippen LogP contribution < -0.4 is 5.32 Å². The van der Waals surface area contributed by atoms with Crippen LogP contribution in [0.1, 0.15) is 53.3 Å². The third kappa shape index (κ3) is 4.75. The lowest BCUT2D eigenvalue weighted by Crippen LogP contribution is -2.26. The van der Waals surface area contributed by atoms with Gasteiger partial charge in [0, 0.05) is 16.5 Å². The number of anilines is 1. The number of nitrogens with one attached hydrogen (secondary N) is 1. The van der Waals surface area contributed by atoms with Gasteiger partial charge in [-0.1, -0.05) is 77.8 Å². The Labute approximate surface area is 209 Å². The molecule has 0 saturated heterocycles. The number of aromatic nitrogens is 2. The lowest BCUT2D eigenvalue weighted by Gasteiger charge is -2.31. The Balaban J connectivity index is 1.28. The van der Waals surface area contributed by atoms with E-state index in [0.717, 1.165) is 28.9 Å². The van der Waals surface area contributed by atoms with E-state index in [4.69, 9.17) is 23.2 Å². The average molecular weight is 490 g/mol. The molecule has 0 bridgehead atoms. The second-order valence-electron chi connectivity index (χ2n) is 8.82. The fraction of sp³-hybridized carbons (Fsp3) is 0.214. The zero-order chi connectivity index (χ0) is 23.7. The molecule has 4 aromatic rings. The minimum absolute atomic E-state index is 0.0976. The number of hydrogen-bond acceptors (Lipinski definition) is 3. The van der Waals surface area contributed by atoms with Gasteiger partial charge in [0.1, 0.15) is 5.82 Å². The molecule has 0 radical (unpaired) electrons. The van der Waals surface area contributed by atoms with Gasteiger partial charge in [-0.05, 0) is 60.2 Å². The van der Waals surface area contributed by atoms with Crippen LogP contribution in [0.3, 0.4) is 0 Å². The fourth-order valence-corrected chi connectivity index (χ4v) is 5.12. The lowest BCUT2D eigenvalue weighted by molar-refractivity contribution is 0.0983. The second kappa shape index (κ2) is 9.65. The van der Waals surface area contributed by atoms with E-state index in [0.29, 0.717) is 28.5 Å². The van der Waals surface area contributed by atoms with Crippen molar-refractivity contribution in [3.63, 3.8) is 0 Å². The summed E-state index contributed by atoms with van der Waals surface area (Å²) in [5.74, 6) is 0.922. The number of carbonyl (C=O) groups excluding carboxylic acids is 1. The van der Waals surface area contributed by atoms with Gasteiger partial charge in [0.25, 0.3) is 0 Å². The monoisotopic (exact) mass is 489 g/mol. The normalized spacial score (nSPS) is 17.1. The van der Waals surface area contributed by atoms with Crippen LogP contribution in [-0.2, 0) is 6.42 Å². The minimum atomic E-state index is 0.0976. The molecule has 0 amide bonds. The molecule has 1 aliphatic heterocycles. The van der Waals surface area contributed by atoms with E-state index in [9.17, 15) is 4.79 Å². The van der Waals surface area contributed by atoms with Crippen molar-refractivity contribution in [1.82, 2.24) is 9.78 Å². The van der Waals surface area contributed by atoms with E-state index in [1.165, 1.54) is 5.56 Å². The Kier molecular flexibility index (Phi) is 6.44. The maximum Gasteiger partial charge on any atom is 0.168 e. The zero-order valence-electron chi connectivity index (χ0n) is 18.8. The summed E-state index contributed by atoms with van der Waals surface area (Å²) in [6, 6.07) is 24.4. The van der Waals surface area contributed by atoms with Crippen molar-refractivity contribution in [3.8, 4) is 11.1 Å². The van der Waals surface area contributed by atoms with E-state index in [1.54, 1.807) is 12.3 Å². The van der Waals surface area contributed by atoms with Gasteiger partial charge in [0.05, 0.1) is 23.8 Å². The Morgan fingerprint density at radius 2 is 1.71 bits per heavy atom. The highest BCUT2D eigenvalue weighted by Gasteiger charge is 2.29. The number of hydrogen-bond donors (Lipinski definition) is 1. The van der Waals surface area contributed by atoms with Crippen LogP contribution >= 0.6 is 23.2 Å². The first kappa shape index (κ1) is 22.7. The van der Waals surface area contributed by atoms with E-state index in [-0.39, 0.29) is 17.9 Å². The quantitative estimate of drug-likeness (QED) is 0.281. The van der Waals surface area contributed by atoms with Crippen LogP contribution in [0.4, 0.5) is 5.82 Å². The van der Waals surface area contributed by atoms with E-state index >= 15 is 0 Å². The molecular weight excluding hydrogens is 465 g/mol. The molecule has 0 aliphatic carbocycles. The average Bonchev–Trinajstić information content (AvgIpc) is 3.28. The van der Waals surface area contributed by atoms with Gasteiger partial charge in [-0.15, -0.1) is 0 Å². The number of rotatable bonds is 6. The largest absolute Gasteiger partial charge is 0.363 e. The number of halogens is 2. The van der Waals surface area contributed by atoms with Gasteiger partial charge < -0.3 is 5.32 Å². The molecule has 1 N–H and O–H groups in total. The number of Topliss-reactive ketones (excluding diaryl/α,β-unsaturated/α-hetero) is 1. The summed E-state index contributed by atoms with van der Waals surface area (Å²) < 4.78 is 1.94. The number of carbonyl (C=O) groups is 1. The Hall–Kier alpha value is -3.08. The van der Waals surface area contributed by atoms with Crippen LogP contribution in [0.5, 0.6) is 0 Å². The summed E-state index contributed by atoms with van der Waals surface area (Å²) in [6.07, 6.45) is 3.72. The SMILES string of the molecule is CC1CC(c2ccccc2)Nc2c(C(=O)CCc3ccc(-c4cc(Cl)cc(Cl)c4)cc3)cnn21. The summed E-state index contributed by atoms with van der Waals surface area (Å²) in [6.45, 7) is 2.15. The van der Waals surface area contributed by atoms with Crippen molar-refractivity contribution in [2.24, 2.45) is 0 Å². The highest BCUT2D eigenvalue weighted by atomic mass is 35.5. The lowest BCUT2D eigenvalue weighted by atomic mass is 9.97. The molecule has 3 aromatic carbocycles. The second-order valence-corrected chi connectivity index (χ2v) is 9.69. The smallest absolute Gasteiger partial charge is 0.168 e. The van der Waals surface area contributed by atoms with Crippen molar-refractivity contribution < 1.29 is 4.79 Å². The summed E-state index contributed by atoms with van der Waals surface area (Å²) in [5, 5.41) is 9.30. The number of nitrogens with zero attached hydrogens (tertiary/aromatic N) is 2. The minimum Gasteiger partial charge on any atom is -0.363 e. The molecule has 2 unspecified atom stereocenters. The van der Waals surface area contributed by atoms with Crippen molar-refractivity contribution in [3.05, 3.63) is 106 Å². The van der Waals surface area contributed by atoms with Crippen LogP contribution in [-0.4, -0.2) is 15.6 Å². The van der Waals surface area contributed by atoms with E-state index in [1.807, 2.05) is 47.1 Å². The van der Waals surface area contributed by atoms with E-state index < -0.39 is 0 Å². The molecule has 1 aromatic heterocycles. The Morgan fingerprint density at radius 3 is 2.41 bits per heavy atom. The Morgan fingerprint density at radius 1 is 1.00 bits per heavy atom. The van der Waals surface area contributed by atoms with Gasteiger partial charge in [-0.25, -0.2) is 4.68 Å². The van der Waals surface area contributed by atoms with Gasteiger partial charge in [0.15, 0.2) is 5.78 Å². The van der Waals surface area contributed by atoms with Crippen molar-refractivity contribution >= 4 is 34.8 Å². The summed E-state index contributed by atoms with van der Waals surface area (Å²) >= 11 is 12.3. The molecule has 4 nitrogen and oxygen atoms in total. The first-order chi connectivity index (χ1) is 16.5. The first-order valence-corrected chi connectivity index (χ1v) is 12.2. The third-order valence-electron chi connectivity index (χ3n) is 6.39. The molecule has 0 saturated carbocycles. The highest BCUT2D eigenvalue weighted by Crippen LogP contribution is 2.36. The number of aryl methyl sites for hydroxylation is 1. The van der Waals surface area contributed by atoms with Crippen LogP contribution in [0, 0.1) is 0 Å². The van der Waals surface area contributed by atoms with Crippen molar-refractivity contribution in [2.45, 2.75) is 38.3 Å². The third-order valence-corrected chi connectivity index (χ3v) is 6.83. The highest BCUT2D eigenvalue weighted by molar-refractivity contribution is 6.35. The maximum absolute atomic E-state index is 13.1. The zero-order valence-corrected chi connectivity index (χ0v) is 20.4. The summed E-state index contributed by atoms with van der Waals surface area (Å²) in [4.78, 5) is 13.1. The van der Waals surface area contributed by atoms with Crippen LogP contribution in [0.15, 0.2) is 79.0 Å².